The van der Waals surface area contributed by atoms with Gasteiger partial charge in [0.05, 0.1) is 36.9 Å². The highest BCUT2D eigenvalue weighted by Crippen LogP contribution is 2.28. The van der Waals surface area contributed by atoms with E-state index >= 15 is 0 Å². The molecule has 0 radical (unpaired) electrons. The third kappa shape index (κ3) is 1.79. The van der Waals surface area contributed by atoms with Gasteiger partial charge in [0.25, 0.3) is 0 Å². The van der Waals surface area contributed by atoms with E-state index in [-0.39, 0.29) is 0 Å². The van der Waals surface area contributed by atoms with Crippen molar-refractivity contribution in [2.24, 2.45) is 0 Å². The molecule has 4 heterocycles. The third-order valence-corrected chi connectivity index (χ3v) is 4.40. The molecule has 1 aromatic carbocycles. The van der Waals surface area contributed by atoms with Gasteiger partial charge in [-0.05, 0) is 6.07 Å². The van der Waals surface area contributed by atoms with Crippen molar-refractivity contribution in [2.45, 2.75) is 12.0 Å². The molecule has 0 aliphatic carbocycles. The van der Waals surface area contributed by atoms with Crippen LogP contribution in [0.4, 0.5) is 0 Å². The normalized spacial score (nSPS) is 19.3. The first kappa shape index (κ1) is 12.3. The van der Waals surface area contributed by atoms with Crippen molar-refractivity contribution in [1.29, 1.82) is 0 Å². The Hall–Kier alpha value is -2.25. The van der Waals surface area contributed by atoms with Crippen molar-refractivity contribution in [3.8, 4) is 11.4 Å². The number of nitrogens with zero attached hydrogens (tertiary/aromatic N) is 4. The van der Waals surface area contributed by atoms with E-state index < -0.39 is 0 Å². The van der Waals surface area contributed by atoms with Gasteiger partial charge in [-0.25, -0.2) is 0 Å². The van der Waals surface area contributed by atoms with Crippen molar-refractivity contribution in [3.63, 3.8) is 0 Å². The molecule has 0 bridgehead atoms. The standard InChI is InChI=1S/C15H15N5O2/c1-2-10-6-17-20(12-7-21-8-12)13(10)3-9(1)14-18-15(22-19-14)11-4-16-5-11/h1-3,6,11-12,16H,4-5,7-8H2. The molecule has 2 fully saturated rings. The third-order valence-electron chi connectivity index (χ3n) is 4.40. The molecule has 2 aromatic heterocycles. The monoisotopic (exact) mass is 297 g/mol. The van der Waals surface area contributed by atoms with Gasteiger partial charge in [-0.1, -0.05) is 17.3 Å². The molecule has 0 unspecified atom stereocenters. The van der Waals surface area contributed by atoms with Crippen molar-refractivity contribution >= 4 is 10.9 Å². The Balaban J connectivity index is 1.54. The number of ether oxygens (including phenoxy) is 1. The van der Waals surface area contributed by atoms with Crippen LogP contribution in [0.1, 0.15) is 17.9 Å². The van der Waals surface area contributed by atoms with Gasteiger partial charge in [-0.15, -0.1) is 0 Å². The van der Waals surface area contributed by atoms with E-state index in [1.54, 1.807) is 0 Å². The summed E-state index contributed by atoms with van der Waals surface area (Å²) in [5.74, 6) is 1.71. The predicted octanol–water partition coefficient (Wildman–Crippen LogP) is 1.34. The molecular formula is C15H15N5O2. The summed E-state index contributed by atoms with van der Waals surface area (Å²) in [6.07, 6.45) is 1.89. The highest BCUT2D eigenvalue weighted by Gasteiger charge is 2.26. The summed E-state index contributed by atoms with van der Waals surface area (Å²) >= 11 is 0. The first-order valence-corrected chi connectivity index (χ1v) is 7.48. The number of benzene rings is 1. The van der Waals surface area contributed by atoms with Crippen LogP contribution in [0.25, 0.3) is 22.3 Å². The van der Waals surface area contributed by atoms with Gasteiger partial charge in [0.15, 0.2) is 0 Å². The van der Waals surface area contributed by atoms with Gasteiger partial charge in [-0.3, -0.25) is 4.68 Å². The van der Waals surface area contributed by atoms with Crippen LogP contribution in [-0.4, -0.2) is 46.2 Å². The zero-order valence-electron chi connectivity index (χ0n) is 11.9. The first-order valence-electron chi connectivity index (χ1n) is 7.48. The molecule has 2 aliphatic heterocycles. The molecule has 0 spiro atoms. The van der Waals surface area contributed by atoms with Crippen LogP contribution in [0.2, 0.25) is 0 Å². The lowest BCUT2D eigenvalue weighted by Crippen LogP contribution is -2.40. The van der Waals surface area contributed by atoms with E-state index in [0.717, 1.165) is 48.7 Å². The smallest absolute Gasteiger partial charge is 0.232 e. The lowest BCUT2D eigenvalue weighted by atomic mass is 10.0. The SMILES string of the molecule is c1cc2cnn(C3COC3)c2cc1-c1noc(C2CNC2)n1. The molecular weight excluding hydrogens is 282 g/mol. The fourth-order valence-corrected chi connectivity index (χ4v) is 2.81. The van der Waals surface area contributed by atoms with E-state index in [1.165, 1.54) is 0 Å². The Bertz CT molecular complexity index is 831. The number of hydrogen-bond donors (Lipinski definition) is 1. The van der Waals surface area contributed by atoms with E-state index in [2.05, 4.69) is 32.7 Å². The zero-order valence-corrected chi connectivity index (χ0v) is 11.9. The molecule has 7 heteroatoms. The molecule has 0 atom stereocenters. The van der Waals surface area contributed by atoms with Crippen LogP contribution in [0.3, 0.4) is 0 Å². The number of aromatic nitrogens is 4. The van der Waals surface area contributed by atoms with E-state index in [4.69, 9.17) is 9.26 Å². The number of rotatable bonds is 3. The lowest BCUT2D eigenvalue weighted by Gasteiger charge is -2.26. The van der Waals surface area contributed by atoms with Gasteiger partial charge in [0.1, 0.15) is 0 Å². The summed E-state index contributed by atoms with van der Waals surface area (Å²) < 4.78 is 12.7. The molecule has 2 saturated heterocycles. The summed E-state index contributed by atoms with van der Waals surface area (Å²) in [7, 11) is 0. The average Bonchev–Trinajstić information content (AvgIpc) is 3.02. The van der Waals surface area contributed by atoms with Gasteiger partial charge in [-0.2, -0.15) is 10.1 Å². The Morgan fingerprint density at radius 1 is 1.23 bits per heavy atom. The van der Waals surface area contributed by atoms with Crippen LogP contribution in [0.15, 0.2) is 28.9 Å². The lowest BCUT2D eigenvalue weighted by molar-refractivity contribution is -0.0266. The Morgan fingerprint density at radius 3 is 2.86 bits per heavy atom. The summed E-state index contributed by atoms with van der Waals surface area (Å²) in [4.78, 5) is 4.53. The van der Waals surface area contributed by atoms with E-state index in [1.807, 2.05) is 16.9 Å². The second-order valence-corrected chi connectivity index (χ2v) is 5.87. The van der Waals surface area contributed by atoms with Crippen LogP contribution in [-0.2, 0) is 4.74 Å². The Labute approximate surface area is 126 Å². The maximum Gasteiger partial charge on any atom is 0.232 e. The Morgan fingerprint density at radius 2 is 2.14 bits per heavy atom. The van der Waals surface area contributed by atoms with Crippen LogP contribution in [0.5, 0.6) is 0 Å². The van der Waals surface area contributed by atoms with Gasteiger partial charge >= 0.3 is 0 Å². The zero-order chi connectivity index (χ0) is 14.5. The second kappa shape index (κ2) is 4.62. The largest absolute Gasteiger partial charge is 0.377 e. The summed E-state index contributed by atoms with van der Waals surface area (Å²) in [6.45, 7) is 3.27. The van der Waals surface area contributed by atoms with E-state index in [9.17, 15) is 0 Å². The summed E-state index contributed by atoms with van der Waals surface area (Å²) in [5.41, 5.74) is 2.04. The molecule has 22 heavy (non-hydrogen) atoms. The molecule has 3 aromatic rings. The fraction of sp³-hybridized carbons (Fsp3) is 0.400. The van der Waals surface area contributed by atoms with Crippen molar-refractivity contribution in [1.82, 2.24) is 25.2 Å². The molecule has 112 valence electrons. The number of nitrogens with one attached hydrogen (secondary N) is 1. The fourth-order valence-electron chi connectivity index (χ4n) is 2.81. The molecule has 2 aliphatic rings. The first-order chi connectivity index (χ1) is 10.9. The molecule has 1 N–H and O–H groups in total. The van der Waals surface area contributed by atoms with E-state index in [0.29, 0.717) is 17.8 Å². The van der Waals surface area contributed by atoms with Gasteiger partial charge < -0.3 is 14.6 Å². The second-order valence-electron chi connectivity index (χ2n) is 5.87. The van der Waals surface area contributed by atoms with Crippen LogP contribution < -0.4 is 5.32 Å². The summed E-state index contributed by atoms with van der Waals surface area (Å²) in [5, 5.41) is 12.9. The predicted molar refractivity (Wildman–Crippen MR) is 78.5 cm³/mol. The maximum atomic E-state index is 5.38. The van der Waals surface area contributed by atoms with Crippen molar-refractivity contribution in [3.05, 3.63) is 30.3 Å². The quantitative estimate of drug-likeness (QED) is 0.786. The molecule has 5 rings (SSSR count). The maximum absolute atomic E-state index is 5.38. The van der Waals surface area contributed by atoms with Crippen LogP contribution in [0, 0.1) is 0 Å². The highest BCUT2D eigenvalue weighted by atomic mass is 16.5. The van der Waals surface area contributed by atoms with Gasteiger partial charge in [0.2, 0.25) is 11.7 Å². The van der Waals surface area contributed by atoms with Crippen LogP contribution >= 0.6 is 0 Å². The number of hydrogen-bond acceptors (Lipinski definition) is 6. The number of fused-ring (bicyclic) bond motifs is 1. The van der Waals surface area contributed by atoms with Crippen molar-refractivity contribution < 1.29 is 9.26 Å². The average molecular weight is 297 g/mol. The Kier molecular flexibility index (Phi) is 2.59. The minimum Gasteiger partial charge on any atom is -0.377 e. The highest BCUT2D eigenvalue weighted by molar-refractivity contribution is 5.83. The summed E-state index contributed by atoms with van der Waals surface area (Å²) in [6, 6.07) is 6.47. The minimum atomic E-state index is 0.328. The molecule has 0 saturated carbocycles. The van der Waals surface area contributed by atoms with Gasteiger partial charge in [0, 0.05) is 24.0 Å². The molecule has 0 amide bonds. The minimum absolute atomic E-state index is 0.328. The van der Waals surface area contributed by atoms with Crippen molar-refractivity contribution in [2.75, 3.05) is 26.3 Å². The molecule has 7 nitrogen and oxygen atoms in total. The topological polar surface area (TPSA) is 78.0 Å².